The molecule has 1 heterocycles. The van der Waals surface area contributed by atoms with Crippen LogP contribution in [0.3, 0.4) is 0 Å². The first-order valence-electron chi connectivity index (χ1n) is 5.70. The first-order valence-corrected chi connectivity index (χ1v) is 6.08. The summed E-state index contributed by atoms with van der Waals surface area (Å²) in [5.41, 5.74) is 7.51. The van der Waals surface area contributed by atoms with Crippen LogP contribution in [0, 0.1) is 0 Å². The molecule has 0 saturated carbocycles. The van der Waals surface area contributed by atoms with Crippen LogP contribution in [-0.2, 0) is 0 Å². The van der Waals surface area contributed by atoms with Crippen LogP contribution in [0.25, 0.3) is 22.4 Å². The molecule has 3 rings (SSSR count). The van der Waals surface area contributed by atoms with E-state index in [9.17, 15) is 4.79 Å². The van der Waals surface area contributed by atoms with Crippen LogP contribution in [0.4, 0.5) is 4.79 Å². The largest absolute Gasteiger partial charge is 0.351 e. The second-order valence-corrected chi connectivity index (χ2v) is 4.48. The Morgan fingerprint density at radius 2 is 1.79 bits per heavy atom. The van der Waals surface area contributed by atoms with Crippen molar-refractivity contribution in [2.75, 3.05) is 0 Å². The Kier molecular flexibility index (Phi) is 2.72. The molecule has 2 aromatic carbocycles. The van der Waals surface area contributed by atoms with Crippen molar-refractivity contribution in [1.29, 1.82) is 0 Å². The molecule has 0 aliphatic carbocycles. The third-order valence-corrected chi connectivity index (χ3v) is 3.23. The number of carbonyl (C=O) groups is 1. The van der Waals surface area contributed by atoms with Crippen molar-refractivity contribution in [3.05, 3.63) is 53.6 Å². The first kappa shape index (κ1) is 11.7. The number of nitrogens with two attached hydrogens (primary N) is 1. The van der Waals surface area contributed by atoms with Crippen LogP contribution in [0.2, 0.25) is 5.02 Å². The van der Waals surface area contributed by atoms with E-state index in [1.165, 1.54) is 4.57 Å². The number of fused-ring (bicyclic) bond motifs is 1. The lowest BCUT2D eigenvalue weighted by molar-refractivity contribution is 0.251. The number of hydrogen-bond acceptors (Lipinski definition) is 2. The summed E-state index contributed by atoms with van der Waals surface area (Å²) in [7, 11) is 0. The highest BCUT2D eigenvalue weighted by atomic mass is 35.5. The predicted octanol–water partition coefficient (Wildman–Crippen LogP) is 3.28. The third-order valence-electron chi connectivity index (χ3n) is 2.90. The van der Waals surface area contributed by atoms with Crippen LogP contribution in [0.5, 0.6) is 0 Å². The Bertz CT molecular complexity index is 779. The number of carbonyl (C=O) groups excluding carboxylic acids is 1. The van der Waals surface area contributed by atoms with Gasteiger partial charge in [0.05, 0.1) is 16.1 Å². The highest BCUT2D eigenvalue weighted by Gasteiger charge is 2.17. The van der Waals surface area contributed by atoms with Gasteiger partial charge in [-0.05, 0) is 24.3 Å². The van der Waals surface area contributed by atoms with Crippen LogP contribution < -0.4 is 5.73 Å². The van der Waals surface area contributed by atoms with E-state index in [-0.39, 0.29) is 0 Å². The Labute approximate surface area is 114 Å². The maximum absolute atomic E-state index is 11.7. The van der Waals surface area contributed by atoms with Gasteiger partial charge in [-0.3, -0.25) is 0 Å². The molecule has 0 atom stereocenters. The van der Waals surface area contributed by atoms with Gasteiger partial charge in [-0.25, -0.2) is 14.3 Å². The summed E-state index contributed by atoms with van der Waals surface area (Å²) in [6.45, 7) is 0. The third kappa shape index (κ3) is 1.86. The quantitative estimate of drug-likeness (QED) is 0.738. The maximum Gasteiger partial charge on any atom is 0.325 e. The van der Waals surface area contributed by atoms with E-state index in [0.29, 0.717) is 27.4 Å². The van der Waals surface area contributed by atoms with Gasteiger partial charge < -0.3 is 5.73 Å². The summed E-state index contributed by atoms with van der Waals surface area (Å²) in [4.78, 5) is 16.1. The molecule has 0 fully saturated rings. The molecule has 94 valence electrons. The molecule has 1 amide bonds. The van der Waals surface area contributed by atoms with Crippen molar-refractivity contribution in [3.63, 3.8) is 0 Å². The lowest BCUT2D eigenvalue weighted by Gasteiger charge is -2.05. The highest BCUT2D eigenvalue weighted by molar-refractivity contribution is 6.33. The van der Waals surface area contributed by atoms with Crippen LogP contribution >= 0.6 is 11.6 Å². The fourth-order valence-corrected chi connectivity index (χ4v) is 2.29. The molecule has 19 heavy (non-hydrogen) atoms. The Hall–Kier alpha value is -2.33. The number of benzene rings is 2. The number of para-hydroxylation sites is 2. The molecular weight excluding hydrogens is 262 g/mol. The average molecular weight is 272 g/mol. The van der Waals surface area contributed by atoms with Crippen molar-refractivity contribution in [3.8, 4) is 11.4 Å². The van der Waals surface area contributed by atoms with Gasteiger partial charge in [0.2, 0.25) is 0 Å². The standard InChI is InChI=1S/C14H10ClN3O/c15-10-6-2-1-5-9(10)13-17-11-7-3-4-8-12(11)18(13)14(16)19/h1-8H,(H2,16,19). The molecule has 0 bridgehead atoms. The average Bonchev–Trinajstić information content (AvgIpc) is 2.78. The molecule has 1 aromatic heterocycles. The maximum atomic E-state index is 11.7. The topological polar surface area (TPSA) is 60.9 Å². The molecule has 3 aromatic rings. The molecule has 0 radical (unpaired) electrons. The lowest BCUT2D eigenvalue weighted by Crippen LogP contribution is -2.20. The molecule has 0 saturated heterocycles. The van der Waals surface area contributed by atoms with Gasteiger partial charge in [0.25, 0.3) is 0 Å². The van der Waals surface area contributed by atoms with Gasteiger partial charge in [0, 0.05) is 5.56 Å². The SMILES string of the molecule is NC(=O)n1c(-c2ccccc2Cl)nc2ccccc21. The Balaban J connectivity index is 2.38. The van der Waals surface area contributed by atoms with E-state index in [2.05, 4.69) is 4.98 Å². The molecule has 0 aliphatic heterocycles. The minimum Gasteiger partial charge on any atom is -0.351 e. The first-order chi connectivity index (χ1) is 9.18. The molecule has 0 unspecified atom stereocenters. The van der Waals surface area contributed by atoms with Crippen molar-refractivity contribution in [2.45, 2.75) is 0 Å². The lowest BCUT2D eigenvalue weighted by atomic mass is 10.2. The molecule has 0 spiro atoms. The van der Waals surface area contributed by atoms with E-state index >= 15 is 0 Å². The van der Waals surface area contributed by atoms with Gasteiger partial charge >= 0.3 is 6.03 Å². The summed E-state index contributed by atoms with van der Waals surface area (Å²) in [6.07, 6.45) is 0. The zero-order valence-corrected chi connectivity index (χ0v) is 10.6. The summed E-state index contributed by atoms with van der Waals surface area (Å²) >= 11 is 6.16. The Morgan fingerprint density at radius 3 is 2.53 bits per heavy atom. The van der Waals surface area contributed by atoms with E-state index in [4.69, 9.17) is 17.3 Å². The zero-order valence-electron chi connectivity index (χ0n) is 9.88. The number of imidazole rings is 1. The number of aromatic nitrogens is 2. The molecule has 5 heteroatoms. The predicted molar refractivity (Wildman–Crippen MR) is 75.2 cm³/mol. The van der Waals surface area contributed by atoms with Gasteiger partial charge in [-0.15, -0.1) is 0 Å². The second kappa shape index (κ2) is 4.40. The molecular formula is C14H10ClN3O. The summed E-state index contributed by atoms with van der Waals surface area (Å²) in [5, 5.41) is 0.528. The number of halogens is 1. The van der Waals surface area contributed by atoms with Crippen molar-refractivity contribution >= 4 is 28.7 Å². The smallest absolute Gasteiger partial charge is 0.325 e. The highest BCUT2D eigenvalue weighted by Crippen LogP contribution is 2.29. The summed E-state index contributed by atoms with van der Waals surface area (Å²) in [5.74, 6) is 0.458. The molecule has 0 aliphatic rings. The molecule has 4 nitrogen and oxygen atoms in total. The van der Waals surface area contributed by atoms with Crippen molar-refractivity contribution in [1.82, 2.24) is 9.55 Å². The van der Waals surface area contributed by atoms with Gasteiger partial charge in [0.1, 0.15) is 0 Å². The van der Waals surface area contributed by atoms with Crippen LogP contribution in [0.1, 0.15) is 0 Å². The fourth-order valence-electron chi connectivity index (χ4n) is 2.07. The number of amides is 1. The number of rotatable bonds is 1. The van der Waals surface area contributed by atoms with E-state index in [0.717, 1.165) is 0 Å². The fraction of sp³-hybridized carbons (Fsp3) is 0. The van der Waals surface area contributed by atoms with E-state index < -0.39 is 6.03 Å². The monoisotopic (exact) mass is 271 g/mol. The molecule has 2 N–H and O–H groups in total. The van der Waals surface area contributed by atoms with Crippen molar-refractivity contribution in [2.24, 2.45) is 5.73 Å². The number of nitrogens with zero attached hydrogens (tertiary/aromatic N) is 2. The number of hydrogen-bond donors (Lipinski definition) is 1. The van der Waals surface area contributed by atoms with Gasteiger partial charge in [-0.1, -0.05) is 35.9 Å². The van der Waals surface area contributed by atoms with E-state index in [1.807, 2.05) is 36.4 Å². The zero-order chi connectivity index (χ0) is 13.4. The second-order valence-electron chi connectivity index (χ2n) is 4.08. The minimum absolute atomic E-state index is 0.458. The summed E-state index contributed by atoms with van der Waals surface area (Å²) in [6, 6.07) is 14.0. The van der Waals surface area contributed by atoms with Crippen molar-refractivity contribution < 1.29 is 4.79 Å². The summed E-state index contributed by atoms with van der Waals surface area (Å²) < 4.78 is 1.37. The van der Waals surface area contributed by atoms with Gasteiger partial charge in [0.15, 0.2) is 5.82 Å². The number of primary amides is 1. The van der Waals surface area contributed by atoms with Gasteiger partial charge in [-0.2, -0.15) is 0 Å². The minimum atomic E-state index is -0.580. The normalized spacial score (nSPS) is 10.8. The van der Waals surface area contributed by atoms with Crippen LogP contribution in [-0.4, -0.2) is 15.6 Å². The Morgan fingerprint density at radius 1 is 1.11 bits per heavy atom. The van der Waals surface area contributed by atoms with E-state index in [1.54, 1.807) is 12.1 Å². The van der Waals surface area contributed by atoms with Crippen LogP contribution in [0.15, 0.2) is 48.5 Å².